The standard InChI is InChI=1S/C31H36BrClN2O3/c1-5-22(4)34-31(37)28(17-23-9-7-6-8-10-23)35(19-24-11-14-26(33)15-12-24)30(36)20-38-29-16-13-25(21(2)3)18-27(29)32/h6-16,18,21-22,28H,5,17,19-20H2,1-4H3,(H,34,37)/t22-,28+/m1/s1. The number of ether oxygens (including phenoxy) is 1. The van der Waals surface area contributed by atoms with Crippen molar-refractivity contribution in [2.45, 2.75) is 65.1 Å². The first kappa shape index (κ1) is 29.7. The van der Waals surface area contributed by atoms with E-state index in [-0.39, 0.29) is 31.0 Å². The first-order valence-electron chi connectivity index (χ1n) is 13.0. The maximum Gasteiger partial charge on any atom is 0.261 e. The molecule has 202 valence electrons. The van der Waals surface area contributed by atoms with Crippen LogP contribution in [0.1, 0.15) is 56.7 Å². The lowest BCUT2D eigenvalue weighted by molar-refractivity contribution is -0.143. The maximum absolute atomic E-state index is 13.7. The highest BCUT2D eigenvalue weighted by Crippen LogP contribution is 2.29. The lowest BCUT2D eigenvalue weighted by Crippen LogP contribution is -2.53. The van der Waals surface area contributed by atoms with Gasteiger partial charge in [0.05, 0.1) is 4.47 Å². The second-order valence-electron chi connectivity index (χ2n) is 9.80. The maximum atomic E-state index is 13.7. The summed E-state index contributed by atoms with van der Waals surface area (Å²) in [4.78, 5) is 28.9. The first-order valence-corrected chi connectivity index (χ1v) is 14.2. The quantitative estimate of drug-likeness (QED) is 0.240. The number of benzene rings is 3. The minimum Gasteiger partial charge on any atom is -0.483 e. The smallest absolute Gasteiger partial charge is 0.261 e. The van der Waals surface area contributed by atoms with Gasteiger partial charge in [0.2, 0.25) is 5.91 Å². The van der Waals surface area contributed by atoms with E-state index < -0.39 is 6.04 Å². The molecule has 0 saturated carbocycles. The highest BCUT2D eigenvalue weighted by molar-refractivity contribution is 9.10. The largest absolute Gasteiger partial charge is 0.483 e. The van der Waals surface area contributed by atoms with Crippen molar-refractivity contribution in [1.29, 1.82) is 0 Å². The van der Waals surface area contributed by atoms with Crippen molar-refractivity contribution in [3.05, 3.63) is 99.0 Å². The van der Waals surface area contributed by atoms with E-state index in [4.69, 9.17) is 16.3 Å². The molecule has 3 aromatic carbocycles. The molecule has 0 unspecified atom stereocenters. The van der Waals surface area contributed by atoms with Gasteiger partial charge in [-0.2, -0.15) is 0 Å². The Balaban J connectivity index is 1.91. The van der Waals surface area contributed by atoms with Crippen LogP contribution in [0.3, 0.4) is 0 Å². The van der Waals surface area contributed by atoms with Gasteiger partial charge in [0.1, 0.15) is 11.8 Å². The van der Waals surface area contributed by atoms with E-state index in [1.807, 2.05) is 74.5 Å². The predicted molar refractivity (Wildman–Crippen MR) is 158 cm³/mol. The lowest BCUT2D eigenvalue weighted by atomic mass is 10.0. The average Bonchev–Trinajstić information content (AvgIpc) is 2.91. The molecule has 0 aliphatic heterocycles. The molecule has 7 heteroatoms. The third-order valence-electron chi connectivity index (χ3n) is 6.51. The van der Waals surface area contributed by atoms with E-state index in [1.165, 1.54) is 5.56 Å². The van der Waals surface area contributed by atoms with E-state index in [1.54, 1.807) is 17.0 Å². The number of halogens is 2. The van der Waals surface area contributed by atoms with Gasteiger partial charge in [-0.15, -0.1) is 0 Å². The molecule has 1 N–H and O–H groups in total. The monoisotopic (exact) mass is 598 g/mol. The van der Waals surface area contributed by atoms with Gasteiger partial charge >= 0.3 is 0 Å². The van der Waals surface area contributed by atoms with Gasteiger partial charge in [0.15, 0.2) is 6.61 Å². The minimum atomic E-state index is -0.718. The molecular weight excluding hydrogens is 564 g/mol. The van der Waals surface area contributed by atoms with Crippen LogP contribution in [0.15, 0.2) is 77.3 Å². The molecule has 38 heavy (non-hydrogen) atoms. The van der Waals surface area contributed by atoms with Crippen LogP contribution >= 0.6 is 27.5 Å². The minimum absolute atomic E-state index is 0.0139. The van der Waals surface area contributed by atoms with Crippen molar-refractivity contribution < 1.29 is 14.3 Å². The Morgan fingerprint density at radius 3 is 2.26 bits per heavy atom. The van der Waals surface area contributed by atoms with E-state index in [2.05, 4.69) is 35.1 Å². The van der Waals surface area contributed by atoms with E-state index in [0.717, 1.165) is 22.0 Å². The zero-order chi connectivity index (χ0) is 27.7. The Morgan fingerprint density at radius 2 is 1.66 bits per heavy atom. The van der Waals surface area contributed by atoms with E-state index in [0.29, 0.717) is 23.1 Å². The summed E-state index contributed by atoms with van der Waals surface area (Å²) >= 11 is 9.67. The van der Waals surface area contributed by atoms with Crippen LogP contribution in [0.4, 0.5) is 0 Å². The van der Waals surface area contributed by atoms with Crippen molar-refractivity contribution in [3.63, 3.8) is 0 Å². The molecule has 0 aliphatic carbocycles. The number of carbonyl (C=O) groups is 2. The van der Waals surface area contributed by atoms with Crippen LogP contribution in [0, 0.1) is 0 Å². The summed E-state index contributed by atoms with van der Waals surface area (Å²) in [5, 5.41) is 3.69. The third kappa shape index (κ3) is 8.60. The summed E-state index contributed by atoms with van der Waals surface area (Å²) in [6.07, 6.45) is 1.17. The van der Waals surface area contributed by atoms with Crippen LogP contribution in [-0.4, -0.2) is 35.4 Å². The molecule has 0 aromatic heterocycles. The summed E-state index contributed by atoms with van der Waals surface area (Å²) in [5.41, 5.74) is 3.02. The van der Waals surface area contributed by atoms with Gasteiger partial charge in [-0.25, -0.2) is 0 Å². The van der Waals surface area contributed by atoms with Gasteiger partial charge in [-0.1, -0.05) is 80.9 Å². The van der Waals surface area contributed by atoms with Crippen molar-refractivity contribution in [2.75, 3.05) is 6.61 Å². The highest BCUT2D eigenvalue weighted by atomic mass is 79.9. The van der Waals surface area contributed by atoms with Gasteiger partial charge in [-0.3, -0.25) is 9.59 Å². The normalized spacial score (nSPS) is 12.6. The number of carbonyl (C=O) groups excluding carboxylic acids is 2. The fourth-order valence-electron chi connectivity index (χ4n) is 4.00. The van der Waals surface area contributed by atoms with Crippen LogP contribution in [0.2, 0.25) is 5.02 Å². The molecule has 0 aliphatic rings. The molecule has 0 radical (unpaired) electrons. The average molecular weight is 600 g/mol. The molecular formula is C31H36BrClN2O3. The van der Waals surface area contributed by atoms with Gasteiger partial charge < -0.3 is 15.0 Å². The second kappa shape index (κ2) is 14.4. The summed E-state index contributed by atoms with van der Waals surface area (Å²) in [6, 6.07) is 22.2. The summed E-state index contributed by atoms with van der Waals surface area (Å²) in [5.74, 6) is 0.491. The molecule has 0 spiro atoms. The van der Waals surface area contributed by atoms with Gasteiger partial charge in [0, 0.05) is 24.0 Å². The summed E-state index contributed by atoms with van der Waals surface area (Å²) < 4.78 is 6.75. The van der Waals surface area contributed by atoms with E-state index in [9.17, 15) is 9.59 Å². The van der Waals surface area contributed by atoms with Crippen molar-refractivity contribution in [3.8, 4) is 5.75 Å². The number of nitrogens with zero attached hydrogens (tertiary/aromatic N) is 1. The Morgan fingerprint density at radius 1 is 0.974 bits per heavy atom. The molecule has 0 saturated heterocycles. The molecule has 0 heterocycles. The first-order chi connectivity index (χ1) is 18.2. The fourth-order valence-corrected chi connectivity index (χ4v) is 4.63. The molecule has 3 rings (SSSR count). The zero-order valence-electron chi connectivity index (χ0n) is 22.4. The molecule has 0 bridgehead atoms. The van der Waals surface area contributed by atoms with Crippen LogP contribution < -0.4 is 10.1 Å². The van der Waals surface area contributed by atoms with Crippen molar-refractivity contribution >= 4 is 39.3 Å². The molecule has 3 aromatic rings. The topological polar surface area (TPSA) is 58.6 Å². The Hall–Kier alpha value is -2.83. The van der Waals surface area contributed by atoms with Gasteiger partial charge in [0.25, 0.3) is 5.91 Å². The van der Waals surface area contributed by atoms with Crippen LogP contribution in [0.5, 0.6) is 5.75 Å². The molecule has 0 fully saturated rings. The number of rotatable bonds is 12. The van der Waals surface area contributed by atoms with Crippen LogP contribution in [0.25, 0.3) is 0 Å². The highest BCUT2D eigenvalue weighted by Gasteiger charge is 2.31. The Bertz CT molecular complexity index is 1200. The predicted octanol–water partition coefficient (Wildman–Crippen LogP) is 7.16. The molecule has 5 nitrogen and oxygen atoms in total. The second-order valence-corrected chi connectivity index (χ2v) is 11.1. The third-order valence-corrected chi connectivity index (χ3v) is 7.38. The van der Waals surface area contributed by atoms with Crippen molar-refractivity contribution in [1.82, 2.24) is 10.2 Å². The van der Waals surface area contributed by atoms with Crippen molar-refractivity contribution in [2.24, 2.45) is 0 Å². The SMILES string of the molecule is CC[C@@H](C)NC(=O)[C@H](Cc1ccccc1)N(Cc1ccc(Cl)cc1)C(=O)COc1ccc(C(C)C)cc1Br. The number of amides is 2. The number of nitrogens with one attached hydrogen (secondary N) is 1. The fraction of sp³-hybridized carbons (Fsp3) is 0.355. The molecule has 2 atom stereocenters. The number of hydrogen-bond donors (Lipinski definition) is 1. The Labute approximate surface area is 239 Å². The molecule has 2 amide bonds. The lowest BCUT2D eigenvalue weighted by Gasteiger charge is -2.32. The number of hydrogen-bond acceptors (Lipinski definition) is 3. The summed E-state index contributed by atoms with van der Waals surface area (Å²) in [7, 11) is 0. The summed E-state index contributed by atoms with van der Waals surface area (Å²) in [6.45, 7) is 8.28. The Kier molecular flexibility index (Phi) is 11.2. The van der Waals surface area contributed by atoms with E-state index >= 15 is 0 Å². The van der Waals surface area contributed by atoms with Gasteiger partial charge in [-0.05, 0) is 76.1 Å². The van der Waals surface area contributed by atoms with Crippen LogP contribution in [-0.2, 0) is 22.6 Å². The zero-order valence-corrected chi connectivity index (χ0v) is 24.8.